The van der Waals surface area contributed by atoms with Crippen LogP contribution in [0.25, 0.3) is 0 Å². The van der Waals surface area contributed by atoms with Gasteiger partial charge in [-0.1, -0.05) is 25.4 Å². The van der Waals surface area contributed by atoms with E-state index in [-0.39, 0.29) is 24.2 Å². The van der Waals surface area contributed by atoms with E-state index in [0.717, 1.165) is 0 Å². The molecule has 0 fully saturated rings. The Bertz CT molecular complexity index is 335. The smallest absolute Gasteiger partial charge is 0.179 e. The van der Waals surface area contributed by atoms with E-state index < -0.39 is 0 Å². The first-order chi connectivity index (χ1) is 7.00. The molecule has 0 spiro atoms. The molecule has 0 aliphatic rings. The molecule has 0 aromatic heterocycles. The molecular weight excluding hydrogens is 245 g/mol. The Labute approximate surface area is 108 Å². The molecule has 16 heavy (non-hydrogen) atoms. The molecule has 0 bridgehead atoms. The minimum Gasteiger partial charge on any atom is -0.305 e. The van der Waals surface area contributed by atoms with Crippen LogP contribution in [0.15, 0.2) is 24.3 Å². The Balaban J connectivity index is 0.00000225. The van der Waals surface area contributed by atoms with Crippen molar-refractivity contribution in [1.29, 1.82) is 0 Å². The van der Waals surface area contributed by atoms with Gasteiger partial charge in [0.15, 0.2) is 5.78 Å². The molecule has 1 aromatic rings. The second-order valence-corrected chi connectivity index (χ2v) is 4.35. The number of Topliss-reactive ketones (excluding diaryl/α,β-unsaturated/α-hetero) is 1. The van der Waals surface area contributed by atoms with E-state index in [1.54, 1.807) is 24.3 Å². The zero-order valence-corrected chi connectivity index (χ0v) is 11.2. The summed E-state index contributed by atoms with van der Waals surface area (Å²) in [5.74, 6) is 0.0976. The highest BCUT2D eigenvalue weighted by Crippen LogP contribution is 2.11. The third-order valence-corrected chi connectivity index (χ3v) is 2.36. The van der Waals surface area contributed by atoms with Crippen molar-refractivity contribution >= 4 is 29.8 Å². The molecule has 0 aliphatic carbocycles. The van der Waals surface area contributed by atoms with E-state index in [9.17, 15) is 4.79 Å². The molecule has 1 N–H and O–H groups in total. The van der Waals surface area contributed by atoms with E-state index in [0.29, 0.717) is 16.6 Å². The summed E-state index contributed by atoms with van der Waals surface area (Å²) in [6.07, 6.45) is 0. The van der Waals surface area contributed by atoms with Crippen LogP contribution in [0.1, 0.15) is 31.1 Å². The summed E-state index contributed by atoms with van der Waals surface area (Å²) in [6, 6.07) is 7.11. The molecule has 0 saturated heterocycles. The third-order valence-electron chi connectivity index (χ3n) is 2.11. The van der Waals surface area contributed by atoms with Gasteiger partial charge in [-0.05, 0) is 31.2 Å². The minimum atomic E-state index is -0.161. The lowest BCUT2D eigenvalue weighted by Crippen LogP contribution is -2.38. The van der Waals surface area contributed by atoms with E-state index in [2.05, 4.69) is 5.32 Å². The van der Waals surface area contributed by atoms with Crippen molar-refractivity contribution in [3.8, 4) is 0 Å². The Morgan fingerprint density at radius 1 is 1.19 bits per heavy atom. The van der Waals surface area contributed by atoms with Gasteiger partial charge in [0, 0.05) is 16.6 Å². The molecule has 0 heterocycles. The Kier molecular flexibility index (Phi) is 6.65. The fourth-order valence-electron chi connectivity index (χ4n) is 1.44. The normalized spacial score (nSPS) is 12.1. The van der Waals surface area contributed by atoms with Crippen LogP contribution in [0.5, 0.6) is 0 Å². The quantitative estimate of drug-likeness (QED) is 0.843. The third kappa shape index (κ3) is 4.52. The number of rotatable bonds is 4. The van der Waals surface area contributed by atoms with Crippen molar-refractivity contribution in [1.82, 2.24) is 5.32 Å². The molecule has 1 aromatic carbocycles. The van der Waals surface area contributed by atoms with Crippen molar-refractivity contribution < 1.29 is 4.79 Å². The number of hydrogen-bond donors (Lipinski definition) is 1. The highest BCUT2D eigenvalue weighted by molar-refractivity contribution is 6.30. The molecule has 0 amide bonds. The second-order valence-electron chi connectivity index (χ2n) is 3.91. The van der Waals surface area contributed by atoms with Crippen LogP contribution in [-0.4, -0.2) is 17.9 Å². The van der Waals surface area contributed by atoms with Gasteiger partial charge in [-0.3, -0.25) is 4.79 Å². The van der Waals surface area contributed by atoms with Crippen LogP contribution < -0.4 is 5.32 Å². The van der Waals surface area contributed by atoms with E-state index in [1.165, 1.54) is 0 Å². The van der Waals surface area contributed by atoms with Gasteiger partial charge >= 0.3 is 0 Å². The predicted molar refractivity (Wildman–Crippen MR) is 70.8 cm³/mol. The maximum Gasteiger partial charge on any atom is 0.179 e. The summed E-state index contributed by atoms with van der Waals surface area (Å²) in [6.45, 7) is 5.91. The van der Waals surface area contributed by atoms with Crippen molar-refractivity contribution in [2.24, 2.45) is 0 Å². The lowest BCUT2D eigenvalue weighted by Gasteiger charge is -2.15. The molecule has 0 radical (unpaired) electrons. The fourth-order valence-corrected chi connectivity index (χ4v) is 1.57. The average Bonchev–Trinajstić information content (AvgIpc) is 2.17. The van der Waals surface area contributed by atoms with Gasteiger partial charge in [0.2, 0.25) is 0 Å². The van der Waals surface area contributed by atoms with Crippen LogP contribution in [0.4, 0.5) is 0 Å². The second kappa shape index (κ2) is 6.89. The summed E-state index contributed by atoms with van der Waals surface area (Å²) in [5.41, 5.74) is 0.694. The van der Waals surface area contributed by atoms with Gasteiger partial charge in [0.1, 0.15) is 0 Å². The standard InChI is InChI=1S/C12H16ClNO.ClH/c1-8(2)14-9(3)12(15)10-4-6-11(13)7-5-10;/h4-9,14H,1-3H3;1H. The molecule has 2 nitrogen and oxygen atoms in total. The highest BCUT2D eigenvalue weighted by Gasteiger charge is 2.15. The lowest BCUT2D eigenvalue weighted by atomic mass is 10.1. The van der Waals surface area contributed by atoms with Gasteiger partial charge in [-0.25, -0.2) is 0 Å². The largest absolute Gasteiger partial charge is 0.305 e. The zero-order chi connectivity index (χ0) is 11.4. The van der Waals surface area contributed by atoms with E-state index >= 15 is 0 Å². The summed E-state index contributed by atoms with van der Waals surface area (Å²) in [4.78, 5) is 11.9. The van der Waals surface area contributed by atoms with Crippen molar-refractivity contribution in [3.05, 3.63) is 34.9 Å². The first-order valence-electron chi connectivity index (χ1n) is 5.06. The maximum absolute atomic E-state index is 11.9. The van der Waals surface area contributed by atoms with Gasteiger partial charge in [0.25, 0.3) is 0 Å². The van der Waals surface area contributed by atoms with E-state index in [4.69, 9.17) is 11.6 Å². The number of carbonyl (C=O) groups is 1. The molecule has 1 atom stereocenters. The first kappa shape index (κ1) is 15.4. The minimum absolute atomic E-state index is 0. The molecular formula is C12H17Cl2NO. The van der Waals surface area contributed by atoms with Gasteiger partial charge in [-0.15, -0.1) is 12.4 Å². The number of halogens is 2. The maximum atomic E-state index is 11.9. The number of hydrogen-bond acceptors (Lipinski definition) is 2. The highest BCUT2D eigenvalue weighted by atomic mass is 35.5. The molecule has 4 heteroatoms. The molecule has 0 saturated carbocycles. The number of benzene rings is 1. The summed E-state index contributed by atoms with van der Waals surface area (Å²) in [5, 5.41) is 3.82. The van der Waals surface area contributed by atoms with Crippen LogP contribution >= 0.6 is 24.0 Å². The number of ketones is 1. The molecule has 90 valence electrons. The molecule has 1 unspecified atom stereocenters. The van der Waals surface area contributed by atoms with Crippen LogP contribution in [0.2, 0.25) is 5.02 Å². The summed E-state index contributed by atoms with van der Waals surface area (Å²) >= 11 is 5.75. The Hall–Kier alpha value is -0.570. The Morgan fingerprint density at radius 3 is 2.12 bits per heavy atom. The van der Waals surface area contributed by atoms with Gasteiger partial charge in [0.05, 0.1) is 6.04 Å². The van der Waals surface area contributed by atoms with Gasteiger partial charge in [-0.2, -0.15) is 0 Å². The first-order valence-corrected chi connectivity index (χ1v) is 5.44. The number of nitrogens with one attached hydrogen (secondary N) is 1. The Morgan fingerprint density at radius 2 is 1.69 bits per heavy atom. The summed E-state index contributed by atoms with van der Waals surface area (Å²) in [7, 11) is 0. The van der Waals surface area contributed by atoms with Crippen LogP contribution in [0.3, 0.4) is 0 Å². The summed E-state index contributed by atoms with van der Waals surface area (Å²) < 4.78 is 0. The zero-order valence-electron chi connectivity index (χ0n) is 9.66. The number of carbonyl (C=O) groups excluding carboxylic acids is 1. The molecule has 0 aliphatic heterocycles. The topological polar surface area (TPSA) is 29.1 Å². The van der Waals surface area contributed by atoms with Gasteiger partial charge < -0.3 is 5.32 Å². The van der Waals surface area contributed by atoms with E-state index in [1.807, 2.05) is 20.8 Å². The van der Waals surface area contributed by atoms with Crippen LogP contribution in [0, 0.1) is 0 Å². The van der Waals surface area contributed by atoms with Crippen molar-refractivity contribution in [2.45, 2.75) is 32.9 Å². The van der Waals surface area contributed by atoms with Crippen LogP contribution in [-0.2, 0) is 0 Å². The van der Waals surface area contributed by atoms with Crippen molar-refractivity contribution in [2.75, 3.05) is 0 Å². The fraction of sp³-hybridized carbons (Fsp3) is 0.417. The molecule has 1 rings (SSSR count). The average molecular weight is 262 g/mol. The predicted octanol–water partition coefficient (Wildman–Crippen LogP) is 3.33. The lowest BCUT2D eigenvalue weighted by molar-refractivity contribution is 0.0946. The van der Waals surface area contributed by atoms with Crippen molar-refractivity contribution in [3.63, 3.8) is 0 Å². The monoisotopic (exact) mass is 261 g/mol. The SMILES string of the molecule is CC(C)NC(C)C(=O)c1ccc(Cl)cc1.Cl.